The molecule has 15 heavy (non-hydrogen) atoms. The molecule has 1 aromatic rings. The summed E-state index contributed by atoms with van der Waals surface area (Å²) in [6.07, 6.45) is 2.19. The van der Waals surface area contributed by atoms with Gasteiger partial charge in [-0.3, -0.25) is 4.79 Å². The second kappa shape index (κ2) is 5.29. The zero-order valence-electron chi connectivity index (χ0n) is 9.10. The van der Waals surface area contributed by atoms with Crippen molar-refractivity contribution in [2.24, 2.45) is 10.9 Å². The number of hydrogen-bond acceptors (Lipinski definition) is 3. The molecule has 1 rings (SSSR count). The molecule has 0 bridgehead atoms. The maximum Gasteiger partial charge on any atom is 0.205 e. The van der Waals surface area contributed by atoms with E-state index in [2.05, 4.69) is 18.9 Å². The molecule has 0 aliphatic heterocycles. The van der Waals surface area contributed by atoms with E-state index in [1.807, 2.05) is 18.2 Å². The van der Waals surface area contributed by atoms with Crippen molar-refractivity contribution in [1.29, 1.82) is 0 Å². The molecule has 1 atom stereocenters. The van der Waals surface area contributed by atoms with Gasteiger partial charge in [0.05, 0.1) is 6.21 Å². The van der Waals surface area contributed by atoms with Crippen molar-refractivity contribution in [3.63, 3.8) is 0 Å². The van der Waals surface area contributed by atoms with E-state index in [0.717, 1.165) is 12.6 Å². The normalized spacial score (nSPS) is 12.9. The number of ketones is 1. The van der Waals surface area contributed by atoms with Gasteiger partial charge in [0.15, 0.2) is 0 Å². The van der Waals surface area contributed by atoms with Crippen LogP contribution in [-0.4, -0.2) is 12.0 Å². The number of nitrogens with two attached hydrogens (primary N) is 1. The molecule has 0 fully saturated rings. The lowest BCUT2D eigenvalue weighted by Crippen LogP contribution is -2.03. The summed E-state index contributed by atoms with van der Waals surface area (Å²) in [5.74, 6) is 5.25. The molecule has 0 unspecified atom stereocenters. The summed E-state index contributed by atoms with van der Waals surface area (Å²) in [4.78, 5) is 11.5. The zero-order chi connectivity index (χ0) is 11.3. The third-order valence-electron chi connectivity index (χ3n) is 2.54. The average molecular weight is 204 g/mol. The standard InChI is InChI=1S/C12H16N2O/c1-3-9(2)10-5-4-6-11(7-10)12(15)8-14-13/h4-9H,3,13H2,1-2H3/b14-8-/t9-/m1/s1. The molecule has 0 heterocycles. The van der Waals surface area contributed by atoms with Crippen molar-refractivity contribution in [1.82, 2.24) is 0 Å². The number of hydrogen-bond donors (Lipinski definition) is 1. The van der Waals surface area contributed by atoms with Gasteiger partial charge in [0.1, 0.15) is 0 Å². The SMILES string of the molecule is CC[C@@H](C)c1cccc(C(=O)/C=N\N)c1. The highest BCUT2D eigenvalue weighted by Gasteiger charge is 2.07. The van der Waals surface area contributed by atoms with E-state index in [1.54, 1.807) is 6.07 Å². The minimum Gasteiger partial charge on any atom is -0.323 e. The first-order valence-electron chi connectivity index (χ1n) is 5.06. The Morgan fingerprint density at radius 1 is 1.60 bits per heavy atom. The zero-order valence-corrected chi connectivity index (χ0v) is 9.10. The molecule has 0 aliphatic rings. The lowest BCUT2D eigenvalue weighted by molar-refractivity contribution is 0.107. The van der Waals surface area contributed by atoms with Gasteiger partial charge >= 0.3 is 0 Å². The van der Waals surface area contributed by atoms with Crippen LogP contribution in [0.3, 0.4) is 0 Å². The maximum atomic E-state index is 11.5. The minimum atomic E-state index is -0.150. The van der Waals surface area contributed by atoms with E-state index in [4.69, 9.17) is 5.84 Å². The van der Waals surface area contributed by atoms with Crippen molar-refractivity contribution < 1.29 is 4.79 Å². The molecule has 0 amide bonds. The fraction of sp³-hybridized carbons (Fsp3) is 0.333. The van der Waals surface area contributed by atoms with Gasteiger partial charge in [0.2, 0.25) is 5.78 Å². The van der Waals surface area contributed by atoms with E-state index in [-0.39, 0.29) is 5.78 Å². The Morgan fingerprint density at radius 3 is 2.93 bits per heavy atom. The van der Waals surface area contributed by atoms with Crippen LogP contribution in [0.15, 0.2) is 29.4 Å². The minimum absolute atomic E-state index is 0.150. The predicted octanol–water partition coefficient (Wildman–Crippen LogP) is 2.33. The first kappa shape index (κ1) is 11.4. The summed E-state index contributed by atoms with van der Waals surface area (Å²) in [5, 5.41) is 3.23. The molecular formula is C12H16N2O. The molecule has 0 radical (unpaired) electrons. The molecular weight excluding hydrogens is 188 g/mol. The second-order valence-corrected chi connectivity index (χ2v) is 3.58. The van der Waals surface area contributed by atoms with Crippen molar-refractivity contribution in [2.45, 2.75) is 26.2 Å². The van der Waals surface area contributed by atoms with Crippen LogP contribution in [0, 0.1) is 0 Å². The highest BCUT2D eigenvalue weighted by molar-refractivity contribution is 6.35. The summed E-state index contributed by atoms with van der Waals surface area (Å²) >= 11 is 0. The third kappa shape index (κ3) is 2.91. The largest absolute Gasteiger partial charge is 0.323 e. The van der Waals surface area contributed by atoms with Gasteiger partial charge in [-0.05, 0) is 24.0 Å². The number of carbonyl (C=O) groups is 1. The van der Waals surface area contributed by atoms with Gasteiger partial charge in [-0.1, -0.05) is 32.0 Å². The Kier molecular flexibility index (Phi) is 4.03. The van der Waals surface area contributed by atoms with Crippen LogP contribution < -0.4 is 5.84 Å². The van der Waals surface area contributed by atoms with E-state index >= 15 is 0 Å². The topological polar surface area (TPSA) is 55.5 Å². The monoisotopic (exact) mass is 204 g/mol. The number of rotatable bonds is 4. The smallest absolute Gasteiger partial charge is 0.205 e. The molecule has 3 heteroatoms. The molecule has 80 valence electrons. The van der Waals surface area contributed by atoms with Crippen molar-refractivity contribution in [3.8, 4) is 0 Å². The molecule has 1 aromatic carbocycles. The van der Waals surface area contributed by atoms with E-state index in [0.29, 0.717) is 11.5 Å². The Hall–Kier alpha value is -1.64. The summed E-state index contributed by atoms with van der Waals surface area (Å²) in [6.45, 7) is 4.26. The van der Waals surface area contributed by atoms with Crippen LogP contribution in [0.5, 0.6) is 0 Å². The van der Waals surface area contributed by atoms with Crippen molar-refractivity contribution in [2.75, 3.05) is 0 Å². The quantitative estimate of drug-likeness (QED) is 0.354. The van der Waals surface area contributed by atoms with Crippen LogP contribution in [0.1, 0.15) is 42.1 Å². The molecule has 0 aliphatic carbocycles. The first-order chi connectivity index (χ1) is 7.19. The van der Waals surface area contributed by atoms with Crippen molar-refractivity contribution in [3.05, 3.63) is 35.4 Å². The number of hydrazone groups is 1. The molecule has 0 saturated heterocycles. The van der Waals surface area contributed by atoms with Crippen LogP contribution in [0.2, 0.25) is 0 Å². The summed E-state index contributed by atoms with van der Waals surface area (Å²) in [5.41, 5.74) is 1.82. The molecule has 2 N–H and O–H groups in total. The van der Waals surface area contributed by atoms with Gasteiger partial charge in [-0.15, -0.1) is 0 Å². The van der Waals surface area contributed by atoms with Crippen LogP contribution in [0.4, 0.5) is 0 Å². The fourth-order valence-electron chi connectivity index (χ4n) is 1.38. The average Bonchev–Trinajstić information content (AvgIpc) is 2.28. The van der Waals surface area contributed by atoms with Crippen LogP contribution in [0.25, 0.3) is 0 Å². The number of benzene rings is 1. The van der Waals surface area contributed by atoms with Gasteiger partial charge in [0, 0.05) is 5.56 Å². The van der Waals surface area contributed by atoms with Gasteiger partial charge in [-0.2, -0.15) is 5.10 Å². The van der Waals surface area contributed by atoms with Gasteiger partial charge in [-0.25, -0.2) is 0 Å². The highest BCUT2D eigenvalue weighted by atomic mass is 16.1. The Morgan fingerprint density at radius 2 is 2.33 bits per heavy atom. The predicted molar refractivity (Wildman–Crippen MR) is 62.2 cm³/mol. The van der Waals surface area contributed by atoms with Gasteiger partial charge < -0.3 is 5.84 Å². The molecule has 0 spiro atoms. The lowest BCUT2D eigenvalue weighted by atomic mass is 9.96. The van der Waals surface area contributed by atoms with Crippen molar-refractivity contribution >= 4 is 12.0 Å². The summed E-state index contributed by atoms with van der Waals surface area (Å²) in [6, 6.07) is 7.59. The second-order valence-electron chi connectivity index (χ2n) is 3.58. The Labute approximate surface area is 90.0 Å². The Bertz CT molecular complexity index is 372. The highest BCUT2D eigenvalue weighted by Crippen LogP contribution is 2.19. The summed E-state index contributed by atoms with van der Waals surface area (Å²) < 4.78 is 0. The third-order valence-corrected chi connectivity index (χ3v) is 2.54. The van der Waals surface area contributed by atoms with E-state index < -0.39 is 0 Å². The van der Waals surface area contributed by atoms with Crippen LogP contribution in [-0.2, 0) is 0 Å². The Balaban J connectivity index is 2.97. The van der Waals surface area contributed by atoms with Crippen LogP contribution >= 0.6 is 0 Å². The van der Waals surface area contributed by atoms with E-state index in [9.17, 15) is 4.79 Å². The lowest BCUT2D eigenvalue weighted by Gasteiger charge is -2.09. The number of carbonyl (C=O) groups excluding carboxylic acids is 1. The molecule has 0 aromatic heterocycles. The molecule has 0 saturated carbocycles. The van der Waals surface area contributed by atoms with Gasteiger partial charge in [0.25, 0.3) is 0 Å². The van der Waals surface area contributed by atoms with E-state index in [1.165, 1.54) is 5.56 Å². The maximum absolute atomic E-state index is 11.5. The number of Topliss-reactive ketones (excluding diaryl/α,β-unsaturated/α-hetero) is 1. The summed E-state index contributed by atoms with van der Waals surface area (Å²) in [7, 11) is 0. The number of nitrogens with zero attached hydrogens (tertiary/aromatic N) is 1. The fourth-order valence-corrected chi connectivity index (χ4v) is 1.38. The molecule has 3 nitrogen and oxygen atoms in total. The first-order valence-corrected chi connectivity index (χ1v) is 5.06.